The number of nitrogens with zero attached hydrogens (tertiary/aromatic N) is 8. The van der Waals surface area contributed by atoms with Gasteiger partial charge >= 0.3 is 5.97 Å². The molecule has 476 valence electrons. The number of aromatic nitrogens is 3. The number of methoxy groups -OCH3 is 2. The number of β-amino-alcohol motifs (C(OH)–C–C–N with tert-alkyl or cyclic N) is 1. The van der Waals surface area contributed by atoms with Gasteiger partial charge in [-0.3, -0.25) is 14.5 Å². The Labute approximate surface area is 519 Å². The number of aliphatic hydroxyl groups excluding tert-OH is 1. The largest absolute Gasteiger partial charge is 0.496 e. The molecule has 0 unspecified atom stereocenters. The van der Waals surface area contributed by atoms with Gasteiger partial charge in [-0.05, 0) is 125 Å². The zero-order chi connectivity index (χ0) is 62.6. The Hall–Kier alpha value is -4.93. The van der Waals surface area contributed by atoms with E-state index in [2.05, 4.69) is 97.5 Å². The Balaban J connectivity index is 0.952. The fraction of sp³-hybridized carbons (Fsp3) is 0.651. The first-order valence-electron chi connectivity index (χ1n) is 31.1. The molecule has 9 atom stereocenters. The summed E-state index contributed by atoms with van der Waals surface area (Å²) in [6.45, 7) is 20.4. The second-order valence-electron chi connectivity index (χ2n) is 26.2. The van der Waals surface area contributed by atoms with Crippen LogP contribution in [0.3, 0.4) is 0 Å². The third-order valence-electron chi connectivity index (χ3n) is 19.4. The number of likely N-dealkylation sites (N-methyl/N-ethyl adjacent to an activating group) is 2. The minimum atomic E-state index is -2.30. The number of thioether (sulfide) groups is 1. The molecule has 5 aliphatic rings. The van der Waals surface area contributed by atoms with E-state index < -0.39 is 68.1 Å². The summed E-state index contributed by atoms with van der Waals surface area (Å²) in [6, 6.07) is 11.8. The minimum Gasteiger partial charge on any atom is -0.496 e. The number of aliphatic hydroxyl groups is 3. The topological polar surface area (TPSA) is 262 Å². The average molecular weight is 1260 g/mol. The summed E-state index contributed by atoms with van der Waals surface area (Å²) in [4.78, 5) is 53.4. The van der Waals surface area contributed by atoms with Crippen molar-refractivity contribution in [1.82, 2.24) is 30.1 Å². The lowest BCUT2D eigenvalue weighted by atomic mass is 9.47. The van der Waals surface area contributed by atoms with Crippen LogP contribution in [0.5, 0.6) is 5.75 Å². The van der Waals surface area contributed by atoms with Crippen LogP contribution in [-0.2, 0) is 56.5 Å². The van der Waals surface area contributed by atoms with Crippen LogP contribution < -0.4 is 15.0 Å². The Morgan fingerprint density at radius 1 is 0.943 bits per heavy atom. The minimum absolute atomic E-state index is 0.201. The normalized spacial score (nSPS) is 28.3. The average Bonchev–Trinajstić information content (AvgIpc) is 1.54. The molecule has 2 aromatic heterocycles. The summed E-state index contributed by atoms with van der Waals surface area (Å²) in [7, 11) is 2.49. The number of aromatic amines is 1. The summed E-state index contributed by atoms with van der Waals surface area (Å²) >= 11 is 1.58. The maximum atomic E-state index is 15.6. The molecule has 4 aliphatic heterocycles. The molecule has 24 heteroatoms. The molecule has 6 heterocycles. The highest BCUT2D eigenvalue weighted by Crippen LogP contribution is 2.67. The summed E-state index contributed by atoms with van der Waals surface area (Å²) in [5.41, 5.74) is 7.30. The van der Waals surface area contributed by atoms with E-state index in [-0.39, 0.29) is 24.9 Å². The van der Waals surface area contributed by atoms with E-state index in [4.69, 9.17) is 33.3 Å². The number of azide groups is 1. The third kappa shape index (κ3) is 12.9. The van der Waals surface area contributed by atoms with Gasteiger partial charge in [0.25, 0.3) is 5.91 Å². The number of amides is 1. The van der Waals surface area contributed by atoms with E-state index in [0.29, 0.717) is 127 Å². The standard InChI is InChI=1S/C63H94N10O11SSi2/c1-12-59(77)36-43(3)37-62(57(76)80-7,52-46(20-26-71(4)41-59)45-18-14-15-19-49(45)69-52)48-34-47-50(35-51(48)79-6)72(5)54-61(47)22-27-73-25-16-21-60(13-2,53(61)73)55(74)63(54,78)56(75)65-23-17-33-86(8,9)84-87(10,11)42-85-58-66-38-44(39-67-58)40-83-32-31-82-30-29-81-28-24-68-70-64/h14-16,18-19,21,34-35,38-39,43,53-55,69,74,77-78H,12-13,17,20,22-33,36-37,40-42H2,1-11H3,(H,65,75)/t43-,53-,54+,55+,59-,60+,61+,62-,63-/m0/s1. The van der Waals surface area contributed by atoms with Crippen molar-refractivity contribution in [2.24, 2.45) is 16.4 Å². The summed E-state index contributed by atoms with van der Waals surface area (Å²) in [5, 5.41) is 48.3. The Kier molecular flexibility index (Phi) is 20.8. The lowest BCUT2D eigenvalue weighted by Gasteiger charge is -2.63. The molecule has 2 fully saturated rings. The number of hydrogen-bond acceptors (Lipinski definition) is 18. The van der Waals surface area contributed by atoms with Gasteiger partial charge in [-0.2, -0.15) is 0 Å². The number of nitrogens with one attached hydrogen (secondary N) is 2. The van der Waals surface area contributed by atoms with Crippen molar-refractivity contribution < 1.29 is 52.7 Å². The van der Waals surface area contributed by atoms with Crippen LogP contribution in [0.4, 0.5) is 5.69 Å². The summed E-state index contributed by atoms with van der Waals surface area (Å²) in [6.07, 6.45) is 9.70. The Bertz CT molecular complexity index is 3150. The lowest BCUT2D eigenvalue weighted by molar-refractivity contribution is -0.203. The van der Waals surface area contributed by atoms with E-state index in [0.717, 1.165) is 50.4 Å². The zero-order valence-electron chi connectivity index (χ0n) is 53.0. The number of rotatable bonds is 26. The van der Waals surface area contributed by atoms with Crippen LogP contribution in [0.25, 0.3) is 21.3 Å². The smallest absolute Gasteiger partial charge is 0.322 e. The highest BCUT2D eigenvalue weighted by atomic mass is 32.2. The molecule has 5 N–H and O–H groups in total. The van der Waals surface area contributed by atoms with Gasteiger partial charge in [0.15, 0.2) is 27.4 Å². The zero-order valence-corrected chi connectivity index (χ0v) is 55.8. The fourth-order valence-electron chi connectivity index (χ4n) is 15.9. The van der Waals surface area contributed by atoms with Crippen molar-refractivity contribution in [1.29, 1.82) is 0 Å². The maximum absolute atomic E-state index is 15.6. The number of ether oxygens (including phenoxy) is 5. The van der Waals surface area contributed by atoms with Gasteiger partial charge in [0.1, 0.15) is 17.3 Å². The van der Waals surface area contributed by atoms with E-state index in [1.165, 1.54) is 7.11 Å². The second-order valence-corrected chi connectivity index (χ2v) is 36.4. The molecule has 0 radical (unpaired) electrons. The van der Waals surface area contributed by atoms with Gasteiger partial charge in [-0.1, -0.05) is 68.0 Å². The number of para-hydroxylation sites is 1. The molecule has 2 aromatic carbocycles. The number of carbonyl (C=O) groups is 2. The van der Waals surface area contributed by atoms with Gasteiger partial charge in [0, 0.05) is 119 Å². The first kappa shape index (κ1) is 66.5. The maximum Gasteiger partial charge on any atom is 0.322 e. The molecule has 1 spiro atoms. The highest BCUT2D eigenvalue weighted by Gasteiger charge is 2.78. The summed E-state index contributed by atoms with van der Waals surface area (Å²) in [5.74, 6) is -0.827. The number of esters is 1. The van der Waals surface area contributed by atoms with Crippen LogP contribution in [-0.4, -0.2) is 204 Å². The van der Waals surface area contributed by atoms with E-state index in [1.807, 2.05) is 57.1 Å². The predicted molar refractivity (Wildman–Crippen MR) is 342 cm³/mol. The number of anilines is 1. The van der Waals surface area contributed by atoms with Crippen molar-refractivity contribution in [2.45, 2.75) is 150 Å². The number of fused-ring (bicyclic) bond motifs is 4. The van der Waals surface area contributed by atoms with E-state index in [1.54, 1.807) is 31.3 Å². The van der Waals surface area contributed by atoms with Crippen LogP contribution in [0.2, 0.25) is 32.2 Å². The first-order valence-corrected chi connectivity index (χ1v) is 38.3. The predicted octanol–water partition coefficient (Wildman–Crippen LogP) is 7.80. The van der Waals surface area contributed by atoms with E-state index >= 15 is 9.59 Å². The van der Waals surface area contributed by atoms with Crippen LogP contribution in [0.1, 0.15) is 87.2 Å². The Morgan fingerprint density at radius 2 is 1.67 bits per heavy atom. The van der Waals surface area contributed by atoms with Crippen molar-refractivity contribution in [2.75, 3.05) is 111 Å². The highest BCUT2D eigenvalue weighted by molar-refractivity contribution is 8.00. The number of H-pyrrole nitrogens is 1. The Morgan fingerprint density at radius 3 is 2.37 bits per heavy atom. The van der Waals surface area contributed by atoms with Crippen LogP contribution in [0.15, 0.2) is 71.2 Å². The van der Waals surface area contributed by atoms with Crippen molar-refractivity contribution in [3.63, 3.8) is 0 Å². The first-order chi connectivity index (χ1) is 41.5. The number of benzene rings is 2. The van der Waals surface area contributed by atoms with Crippen LogP contribution in [0, 0.1) is 11.3 Å². The molecule has 1 saturated heterocycles. The van der Waals surface area contributed by atoms with Gasteiger partial charge in [0.2, 0.25) is 0 Å². The fourth-order valence-corrected chi connectivity index (χ4v) is 26.2. The quantitative estimate of drug-likeness (QED) is 0.00462. The van der Waals surface area contributed by atoms with Crippen molar-refractivity contribution in [3.05, 3.63) is 99.3 Å². The number of hydrogen-bond donors (Lipinski definition) is 5. The molecular weight excluding hydrogens is 1160 g/mol. The molecular formula is C63H94N10O11SSi2. The molecule has 1 amide bonds. The third-order valence-corrected chi connectivity index (χ3v) is 29.2. The molecule has 9 rings (SSSR count). The van der Waals surface area contributed by atoms with E-state index in [9.17, 15) is 15.3 Å². The molecule has 4 aromatic rings. The SMILES string of the molecule is CC[C@]1(O)C[C@H](C)C[C@](C(=O)OC)(c2cc3c(cc2OC)N(C)[C@H]2[C@@](O)(C(=O)NCCC[Si](C)(C)O[Si](C)(C)CSc4ncc(COCCOCCOCCN=[N+]=[N-])cn4)[C@H](O)[C@]4(CC)C=CCN5CC[C@]32[C@@H]54)c2[nH]c3ccccc3c2CCN(C)C1. The molecule has 21 nitrogen and oxygen atoms in total. The van der Waals surface area contributed by atoms with Gasteiger partial charge in [-0.25, -0.2) is 9.97 Å². The molecule has 1 saturated carbocycles. The lowest BCUT2D eigenvalue weighted by Crippen LogP contribution is -2.81. The molecule has 87 heavy (non-hydrogen) atoms. The van der Waals surface area contributed by atoms with Crippen molar-refractivity contribution in [3.8, 4) is 5.75 Å². The molecule has 0 bridgehead atoms. The summed E-state index contributed by atoms with van der Waals surface area (Å²) < 4.78 is 36.2. The van der Waals surface area contributed by atoms with Crippen molar-refractivity contribution >= 4 is 56.9 Å². The van der Waals surface area contributed by atoms with Gasteiger partial charge in [-0.15, -0.1) is 0 Å². The second kappa shape index (κ2) is 27.3. The monoisotopic (exact) mass is 1250 g/mol. The number of carbonyl (C=O) groups excluding carboxylic acids is 2. The van der Waals surface area contributed by atoms with Crippen LogP contribution >= 0.6 is 11.8 Å². The van der Waals surface area contributed by atoms with Gasteiger partial charge in [0.05, 0.1) is 65.5 Å². The van der Waals surface area contributed by atoms with Gasteiger partial charge < -0.3 is 63.2 Å². The molecule has 1 aliphatic carbocycles.